The molecular weight excluding hydrogens is 392 g/mol. The fourth-order valence-electron chi connectivity index (χ4n) is 2.81. The smallest absolute Gasteiger partial charge is 0.339 e. The molecule has 0 radical (unpaired) electrons. The summed E-state index contributed by atoms with van der Waals surface area (Å²) < 4.78 is 32.0. The van der Waals surface area contributed by atoms with Gasteiger partial charge in [0.2, 0.25) is 16.1 Å². The summed E-state index contributed by atoms with van der Waals surface area (Å²) in [5.74, 6) is -1.01. The van der Waals surface area contributed by atoms with E-state index in [2.05, 4.69) is 4.72 Å². The lowest BCUT2D eigenvalue weighted by Gasteiger charge is -2.25. The van der Waals surface area contributed by atoms with Gasteiger partial charge in [-0.3, -0.25) is 4.79 Å². The quantitative estimate of drug-likeness (QED) is 0.632. The Hall–Kier alpha value is -2.71. The van der Waals surface area contributed by atoms with E-state index in [1.165, 1.54) is 24.3 Å². The van der Waals surface area contributed by atoms with Gasteiger partial charge in [0.15, 0.2) is 0 Å². The third-order valence-corrected chi connectivity index (χ3v) is 5.92. The van der Waals surface area contributed by atoms with Crippen LogP contribution in [0.1, 0.15) is 42.8 Å². The summed E-state index contributed by atoms with van der Waals surface area (Å²) >= 11 is 0. The summed E-state index contributed by atoms with van der Waals surface area (Å²) in [5.41, 5.74) is 0.734. The molecule has 156 valence electrons. The fourth-order valence-corrected chi connectivity index (χ4v) is 3.85. The Labute approximate surface area is 171 Å². The highest BCUT2D eigenvalue weighted by Gasteiger charge is 2.28. The van der Waals surface area contributed by atoms with E-state index in [4.69, 9.17) is 4.74 Å². The summed E-state index contributed by atoms with van der Waals surface area (Å²) in [6.45, 7) is 6.64. The number of benzene rings is 2. The van der Waals surface area contributed by atoms with Gasteiger partial charge in [0.05, 0.1) is 10.5 Å². The third-order valence-electron chi connectivity index (χ3n) is 4.36. The number of hydrogen-bond donors (Lipinski definition) is 1. The molecule has 0 spiro atoms. The van der Waals surface area contributed by atoms with Crippen LogP contribution in [0.4, 0.5) is 0 Å². The molecule has 2 aromatic rings. The Bertz CT molecular complexity index is 923. The van der Waals surface area contributed by atoms with Crippen LogP contribution in [0.25, 0.3) is 0 Å². The van der Waals surface area contributed by atoms with Crippen molar-refractivity contribution in [2.45, 2.75) is 31.8 Å². The van der Waals surface area contributed by atoms with Gasteiger partial charge >= 0.3 is 5.97 Å². The molecule has 7 nitrogen and oxygen atoms in total. The van der Waals surface area contributed by atoms with Gasteiger partial charge in [0, 0.05) is 25.2 Å². The molecule has 0 aliphatic rings. The fraction of sp³-hybridized carbons (Fsp3) is 0.333. The number of likely N-dealkylation sites (N-methyl/N-ethyl adjacent to an activating group) is 1. The van der Waals surface area contributed by atoms with E-state index in [-0.39, 0.29) is 22.9 Å². The van der Waals surface area contributed by atoms with E-state index >= 15 is 0 Å². The van der Waals surface area contributed by atoms with Crippen LogP contribution in [-0.4, -0.2) is 44.8 Å². The zero-order valence-corrected chi connectivity index (χ0v) is 17.6. The number of hydrogen-bond acceptors (Lipinski definition) is 5. The van der Waals surface area contributed by atoms with Gasteiger partial charge in [0.1, 0.15) is 0 Å². The van der Waals surface area contributed by atoms with Crippen LogP contribution < -0.4 is 4.72 Å². The maximum absolute atomic E-state index is 12.9. The number of nitrogens with zero attached hydrogens (tertiary/aromatic N) is 1. The minimum Gasteiger partial charge on any atom is -0.444 e. The molecule has 2 aromatic carbocycles. The van der Waals surface area contributed by atoms with Crippen LogP contribution in [0.2, 0.25) is 0 Å². The van der Waals surface area contributed by atoms with Gasteiger partial charge in [-0.25, -0.2) is 17.9 Å². The molecule has 0 fully saturated rings. The van der Waals surface area contributed by atoms with E-state index in [9.17, 15) is 18.0 Å². The zero-order chi connectivity index (χ0) is 21.4. The number of esters is 1. The standard InChI is InChI=1S/C21H26N2O5S/c1-4-22-29(26,27)18-14-12-17(13-15-18)21(25)28-19(16-10-8-7-9-11-16)20(24)23(5-2)6-3/h7-15,19,22H,4-6H2,1-3H3/t19-/m0/s1. The topological polar surface area (TPSA) is 92.8 Å². The Kier molecular flexibility index (Phi) is 7.92. The number of sulfonamides is 1. The second kappa shape index (κ2) is 10.2. The summed E-state index contributed by atoms with van der Waals surface area (Å²) in [7, 11) is -3.61. The summed E-state index contributed by atoms with van der Waals surface area (Å²) in [6.07, 6.45) is -1.08. The molecule has 1 atom stereocenters. The number of rotatable bonds is 9. The average Bonchev–Trinajstić information content (AvgIpc) is 2.73. The minimum atomic E-state index is -3.61. The molecule has 29 heavy (non-hydrogen) atoms. The first-order valence-corrected chi connectivity index (χ1v) is 11.0. The van der Waals surface area contributed by atoms with E-state index in [1.807, 2.05) is 19.9 Å². The largest absolute Gasteiger partial charge is 0.444 e. The van der Waals surface area contributed by atoms with E-state index in [0.717, 1.165) is 0 Å². The molecule has 0 heterocycles. The molecule has 0 saturated carbocycles. The van der Waals surface area contributed by atoms with Crippen molar-refractivity contribution in [1.29, 1.82) is 0 Å². The molecule has 2 rings (SSSR count). The van der Waals surface area contributed by atoms with E-state index in [0.29, 0.717) is 18.7 Å². The maximum Gasteiger partial charge on any atom is 0.339 e. The highest BCUT2D eigenvalue weighted by atomic mass is 32.2. The highest BCUT2D eigenvalue weighted by molar-refractivity contribution is 7.89. The molecule has 1 amide bonds. The van der Waals surface area contributed by atoms with Crippen molar-refractivity contribution in [1.82, 2.24) is 9.62 Å². The van der Waals surface area contributed by atoms with Crippen LogP contribution in [0.5, 0.6) is 0 Å². The van der Waals surface area contributed by atoms with Crippen molar-refractivity contribution in [3.8, 4) is 0 Å². The summed E-state index contributed by atoms with van der Waals surface area (Å²) in [6, 6.07) is 14.2. The highest BCUT2D eigenvalue weighted by Crippen LogP contribution is 2.22. The Balaban J connectivity index is 2.27. The van der Waals surface area contributed by atoms with Gasteiger partial charge < -0.3 is 9.64 Å². The van der Waals surface area contributed by atoms with Crippen LogP contribution in [0.3, 0.4) is 0 Å². The van der Waals surface area contributed by atoms with Crippen LogP contribution in [0.15, 0.2) is 59.5 Å². The van der Waals surface area contributed by atoms with E-state index in [1.54, 1.807) is 36.1 Å². The molecule has 0 bridgehead atoms. The SMILES string of the molecule is CCNS(=O)(=O)c1ccc(C(=O)O[C@H](C(=O)N(CC)CC)c2ccccc2)cc1. The van der Waals surface area contributed by atoms with Gasteiger partial charge in [-0.15, -0.1) is 0 Å². The van der Waals surface area contributed by atoms with Gasteiger partial charge in [-0.05, 0) is 38.1 Å². The number of nitrogens with one attached hydrogen (secondary N) is 1. The molecule has 0 saturated heterocycles. The molecule has 0 aromatic heterocycles. The van der Waals surface area contributed by atoms with Crippen LogP contribution in [-0.2, 0) is 19.6 Å². The predicted octanol–water partition coefficient (Wildman–Crippen LogP) is 2.75. The van der Waals surface area contributed by atoms with Crippen LogP contribution >= 0.6 is 0 Å². The number of amides is 1. The number of ether oxygens (including phenoxy) is 1. The van der Waals surface area contributed by atoms with Crippen molar-refractivity contribution in [2.24, 2.45) is 0 Å². The maximum atomic E-state index is 12.9. The monoisotopic (exact) mass is 418 g/mol. The normalized spacial score (nSPS) is 12.2. The van der Waals surface area contributed by atoms with Crippen LogP contribution in [0, 0.1) is 0 Å². The van der Waals surface area contributed by atoms with Gasteiger partial charge in [-0.2, -0.15) is 0 Å². The lowest BCUT2D eigenvalue weighted by molar-refractivity contribution is -0.140. The second-order valence-electron chi connectivity index (χ2n) is 6.23. The molecular formula is C21H26N2O5S. The molecule has 0 aliphatic carbocycles. The van der Waals surface area contributed by atoms with Crippen molar-refractivity contribution >= 4 is 21.9 Å². The summed E-state index contributed by atoms with van der Waals surface area (Å²) in [5, 5.41) is 0. The number of carbonyl (C=O) groups excluding carboxylic acids is 2. The van der Waals surface area contributed by atoms with Crippen molar-refractivity contribution < 1.29 is 22.7 Å². The summed E-state index contributed by atoms with van der Waals surface area (Å²) in [4.78, 5) is 27.2. The van der Waals surface area contributed by atoms with Gasteiger partial charge in [-0.1, -0.05) is 37.3 Å². The Morgan fingerprint density at radius 3 is 2.07 bits per heavy atom. The third kappa shape index (κ3) is 5.65. The lowest BCUT2D eigenvalue weighted by atomic mass is 10.1. The zero-order valence-electron chi connectivity index (χ0n) is 16.8. The first-order chi connectivity index (χ1) is 13.8. The van der Waals surface area contributed by atoms with E-state index < -0.39 is 22.1 Å². The predicted molar refractivity (Wildman–Crippen MR) is 110 cm³/mol. The molecule has 8 heteroatoms. The second-order valence-corrected chi connectivity index (χ2v) is 8.00. The van der Waals surface area contributed by atoms with Crippen molar-refractivity contribution in [3.63, 3.8) is 0 Å². The minimum absolute atomic E-state index is 0.0507. The Morgan fingerprint density at radius 1 is 0.966 bits per heavy atom. The van der Waals surface area contributed by atoms with Crippen molar-refractivity contribution in [2.75, 3.05) is 19.6 Å². The lowest BCUT2D eigenvalue weighted by Crippen LogP contribution is -2.36. The molecule has 0 aliphatic heterocycles. The molecule has 1 N–H and O–H groups in total. The number of carbonyl (C=O) groups is 2. The average molecular weight is 419 g/mol. The molecule has 0 unspecified atom stereocenters. The first kappa shape index (κ1) is 22.6. The first-order valence-electron chi connectivity index (χ1n) is 9.48. The Morgan fingerprint density at radius 2 is 1.55 bits per heavy atom. The van der Waals surface area contributed by atoms with Gasteiger partial charge in [0.25, 0.3) is 5.91 Å². The van der Waals surface area contributed by atoms with Crippen molar-refractivity contribution in [3.05, 3.63) is 65.7 Å².